The third-order valence-electron chi connectivity index (χ3n) is 5.66. The lowest BCUT2D eigenvalue weighted by Gasteiger charge is -2.33. The number of anilines is 1. The van der Waals surface area contributed by atoms with Crippen molar-refractivity contribution in [1.82, 2.24) is 15.2 Å². The molecule has 5 nitrogen and oxygen atoms in total. The molecule has 0 saturated carbocycles. The predicted molar refractivity (Wildman–Crippen MR) is 124 cm³/mol. The van der Waals surface area contributed by atoms with E-state index in [1.807, 2.05) is 59.5 Å². The number of likely N-dealkylation sites (tertiary alicyclic amines) is 1. The zero-order chi connectivity index (χ0) is 18.5. The molecule has 1 spiro atoms. The van der Waals surface area contributed by atoms with E-state index in [9.17, 15) is 4.79 Å². The highest BCUT2D eigenvalue weighted by atomic mass is 35.5. The molecule has 0 unspecified atom stereocenters. The summed E-state index contributed by atoms with van der Waals surface area (Å²) in [5, 5.41) is 6.49. The number of benzene rings is 1. The van der Waals surface area contributed by atoms with Gasteiger partial charge in [0.25, 0.3) is 0 Å². The van der Waals surface area contributed by atoms with Crippen molar-refractivity contribution in [2.75, 3.05) is 31.5 Å². The molecule has 0 aliphatic carbocycles. The molecule has 0 radical (unpaired) electrons. The highest BCUT2D eigenvalue weighted by molar-refractivity contribution is 5.90. The van der Waals surface area contributed by atoms with Gasteiger partial charge in [0.05, 0.1) is 5.69 Å². The van der Waals surface area contributed by atoms with Crippen molar-refractivity contribution in [2.24, 2.45) is 5.41 Å². The van der Waals surface area contributed by atoms with Crippen LogP contribution in [0.3, 0.4) is 0 Å². The van der Waals surface area contributed by atoms with Gasteiger partial charge in [-0.05, 0) is 73.7 Å². The zero-order valence-electron chi connectivity index (χ0n) is 16.3. The van der Waals surface area contributed by atoms with Crippen LogP contribution in [-0.2, 0) is 0 Å². The van der Waals surface area contributed by atoms with E-state index in [0.717, 1.165) is 49.5 Å². The van der Waals surface area contributed by atoms with E-state index in [2.05, 4.69) is 15.6 Å². The van der Waals surface area contributed by atoms with Crippen molar-refractivity contribution in [2.45, 2.75) is 19.3 Å². The molecule has 2 aliphatic heterocycles. The summed E-state index contributed by atoms with van der Waals surface area (Å²) < 4.78 is 0. The summed E-state index contributed by atoms with van der Waals surface area (Å²) >= 11 is 0. The molecule has 3 heterocycles. The fraction of sp³-hybridized carbons (Fsp3) is 0.364. The smallest absolute Gasteiger partial charge is 0.321 e. The van der Waals surface area contributed by atoms with Gasteiger partial charge < -0.3 is 15.5 Å². The molecule has 2 aromatic rings. The fourth-order valence-electron chi connectivity index (χ4n) is 4.05. The Hall–Kier alpha value is -2.08. The molecule has 2 aliphatic rings. The van der Waals surface area contributed by atoms with E-state index in [1.54, 1.807) is 6.20 Å². The summed E-state index contributed by atoms with van der Waals surface area (Å²) in [4.78, 5) is 19.0. The Balaban J connectivity index is 0.00000150. The quantitative estimate of drug-likeness (QED) is 0.735. The lowest BCUT2D eigenvalue weighted by atomic mass is 9.78. The van der Waals surface area contributed by atoms with Crippen LogP contribution in [0, 0.1) is 5.41 Å². The monoisotopic (exact) mass is 434 g/mol. The molecular weight excluding hydrogens is 407 g/mol. The number of halogens is 2. The highest BCUT2D eigenvalue weighted by Crippen LogP contribution is 2.38. The van der Waals surface area contributed by atoms with Crippen molar-refractivity contribution < 1.29 is 4.79 Å². The van der Waals surface area contributed by atoms with Gasteiger partial charge in [0.1, 0.15) is 0 Å². The SMILES string of the molecule is Cl.Cl.O=C(Nc1cccc(C=Cc2ccccn2)c1)N1CCC2(CCNCC2)C1. The van der Waals surface area contributed by atoms with Crippen LogP contribution in [0.5, 0.6) is 0 Å². The van der Waals surface area contributed by atoms with Crippen LogP contribution in [0.2, 0.25) is 0 Å². The summed E-state index contributed by atoms with van der Waals surface area (Å²) in [5.74, 6) is 0. The number of piperidine rings is 1. The molecule has 29 heavy (non-hydrogen) atoms. The number of hydrogen-bond donors (Lipinski definition) is 2. The third kappa shape index (κ3) is 5.95. The minimum atomic E-state index is 0. The Morgan fingerprint density at radius 2 is 1.90 bits per heavy atom. The number of nitrogens with one attached hydrogen (secondary N) is 2. The Bertz CT molecular complexity index is 823. The lowest BCUT2D eigenvalue weighted by Crippen LogP contribution is -2.40. The average Bonchev–Trinajstić information content (AvgIpc) is 3.11. The van der Waals surface area contributed by atoms with E-state index >= 15 is 0 Å². The van der Waals surface area contributed by atoms with Gasteiger partial charge in [-0.15, -0.1) is 24.8 Å². The summed E-state index contributed by atoms with van der Waals surface area (Å²) in [6.45, 7) is 3.87. The molecule has 2 amide bonds. The van der Waals surface area contributed by atoms with Gasteiger partial charge in [0.15, 0.2) is 0 Å². The standard InChI is InChI=1S/C22H26N4O.2ClH/c27-21(26-15-11-22(17-26)9-13-23-14-10-22)25-20-6-3-4-18(16-20)7-8-19-5-1-2-12-24-19;;/h1-8,12,16,23H,9-11,13-15,17H2,(H,25,27);2*1H. The number of pyridine rings is 1. The Kier molecular flexibility index (Phi) is 8.50. The zero-order valence-corrected chi connectivity index (χ0v) is 18.0. The fourth-order valence-corrected chi connectivity index (χ4v) is 4.05. The number of carbonyl (C=O) groups is 1. The van der Waals surface area contributed by atoms with Crippen LogP contribution >= 0.6 is 24.8 Å². The number of aromatic nitrogens is 1. The van der Waals surface area contributed by atoms with Crippen molar-refractivity contribution in [3.8, 4) is 0 Å². The first kappa shape index (κ1) is 23.2. The van der Waals surface area contributed by atoms with E-state index in [1.165, 1.54) is 12.8 Å². The lowest BCUT2D eigenvalue weighted by molar-refractivity contribution is 0.191. The number of amides is 2. The second kappa shape index (κ2) is 10.6. The van der Waals surface area contributed by atoms with Crippen LogP contribution in [0.15, 0.2) is 48.7 Å². The van der Waals surface area contributed by atoms with Crippen molar-refractivity contribution >= 4 is 48.7 Å². The molecule has 1 aromatic carbocycles. The molecule has 7 heteroatoms. The maximum Gasteiger partial charge on any atom is 0.321 e. The predicted octanol–water partition coefficient (Wildman–Crippen LogP) is 4.70. The molecular formula is C22H28Cl2N4O. The largest absolute Gasteiger partial charge is 0.324 e. The molecule has 0 bridgehead atoms. The number of carbonyl (C=O) groups excluding carboxylic acids is 1. The number of rotatable bonds is 3. The van der Waals surface area contributed by atoms with Crippen molar-refractivity contribution in [3.05, 3.63) is 59.9 Å². The van der Waals surface area contributed by atoms with Gasteiger partial charge in [-0.25, -0.2) is 4.79 Å². The van der Waals surface area contributed by atoms with Crippen LogP contribution in [0.25, 0.3) is 12.2 Å². The minimum absolute atomic E-state index is 0. The Labute approximate surface area is 184 Å². The number of urea groups is 1. The first-order valence-electron chi connectivity index (χ1n) is 9.68. The minimum Gasteiger partial charge on any atom is -0.324 e. The van der Waals surface area contributed by atoms with E-state index in [-0.39, 0.29) is 30.8 Å². The first-order valence-corrected chi connectivity index (χ1v) is 9.68. The van der Waals surface area contributed by atoms with Gasteiger partial charge in [-0.2, -0.15) is 0 Å². The van der Waals surface area contributed by atoms with Crippen molar-refractivity contribution in [1.29, 1.82) is 0 Å². The average molecular weight is 435 g/mol. The normalized spacial score (nSPS) is 17.6. The molecule has 2 fully saturated rings. The highest BCUT2D eigenvalue weighted by Gasteiger charge is 2.40. The number of nitrogens with zero attached hydrogens (tertiary/aromatic N) is 2. The van der Waals surface area contributed by atoms with Gasteiger partial charge in [0.2, 0.25) is 0 Å². The van der Waals surface area contributed by atoms with E-state index in [0.29, 0.717) is 5.41 Å². The molecule has 0 atom stereocenters. The summed E-state index contributed by atoms with van der Waals surface area (Å²) in [6, 6.07) is 13.8. The Morgan fingerprint density at radius 1 is 1.07 bits per heavy atom. The summed E-state index contributed by atoms with van der Waals surface area (Å²) in [6.07, 6.45) is 9.23. The number of hydrogen-bond acceptors (Lipinski definition) is 3. The Morgan fingerprint density at radius 3 is 2.66 bits per heavy atom. The molecule has 1 aromatic heterocycles. The molecule has 156 valence electrons. The van der Waals surface area contributed by atoms with Gasteiger partial charge in [-0.1, -0.05) is 24.3 Å². The van der Waals surface area contributed by atoms with Crippen LogP contribution in [-0.4, -0.2) is 42.1 Å². The second-order valence-electron chi connectivity index (χ2n) is 7.57. The summed E-state index contributed by atoms with van der Waals surface area (Å²) in [5.41, 5.74) is 3.11. The summed E-state index contributed by atoms with van der Waals surface area (Å²) in [7, 11) is 0. The van der Waals surface area contributed by atoms with Gasteiger partial charge >= 0.3 is 6.03 Å². The van der Waals surface area contributed by atoms with Gasteiger partial charge in [-0.3, -0.25) is 4.98 Å². The van der Waals surface area contributed by atoms with Gasteiger partial charge in [0, 0.05) is 25.0 Å². The maximum atomic E-state index is 12.7. The van der Waals surface area contributed by atoms with Crippen LogP contribution in [0.1, 0.15) is 30.5 Å². The van der Waals surface area contributed by atoms with E-state index < -0.39 is 0 Å². The molecule has 4 rings (SSSR count). The van der Waals surface area contributed by atoms with Crippen molar-refractivity contribution in [3.63, 3.8) is 0 Å². The van der Waals surface area contributed by atoms with Crippen LogP contribution < -0.4 is 10.6 Å². The molecule has 2 N–H and O–H groups in total. The topological polar surface area (TPSA) is 57.3 Å². The first-order chi connectivity index (χ1) is 13.2. The van der Waals surface area contributed by atoms with Crippen LogP contribution in [0.4, 0.5) is 10.5 Å². The van der Waals surface area contributed by atoms with E-state index in [4.69, 9.17) is 0 Å². The third-order valence-corrected chi connectivity index (χ3v) is 5.66. The maximum absolute atomic E-state index is 12.7. The second-order valence-corrected chi connectivity index (χ2v) is 7.57. The molecule has 2 saturated heterocycles.